The Morgan fingerprint density at radius 2 is 1.96 bits per heavy atom. The summed E-state index contributed by atoms with van der Waals surface area (Å²) in [5, 5.41) is 14.9. The summed E-state index contributed by atoms with van der Waals surface area (Å²) in [5.74, 6) is 1.77. The Labute approximate surface area is 157 Å². The van der Waals surface area contributed by atoms with Crippen molar-refractivity contribution in [3.63, 3.8) is 0 Å². The van der Waals surface area contributed by atoms with Gasteiger partial charge in [-0.05, 0) is 37.1 Å². The van der Waals surface area contributed by atoms with Crippen LogP contribution in [0.4, 0.5) is 5.69 Å². The molecule has 1 amide bonds. The topological polar surface area (TPSA) is 97.6 Å². The average molecular weight is 363 g/mol. The van der Waals surface area contributed by atoms with Crippen LogP contribution in [-0.2, 0) is 17.8 Å². The fourth-order valence-electron chi connectivity index (χ4n) is 3.27. The first-order valence-electron chi connectivity index (χ1n) is 9.05. The predicted octanol–water partition coefficient (Wildman–Crippen LogP) is 1.67. The van der Waals surface area contributed by atoms with Crippen LogP contribution in [0.5, 0.6) is 0 Å². The summed E-state index contributed by atoms with van der Waals surface area (Å²) in [5.41, 5.74) is 1.79. The van der Waals surface area contributed by atoms with Crippen LogP contribution in [0.15, 0.2) is 49.1 Å². The SMILES string of the molecule is O=C(CNc1cccnc1)NC1CCc2nnc(-c3cccnc3)n2CC1. The third kappa shape index (κ3) is 4.11. The molecule has 8 heteroatoms. The van der Waals surface area contributed by atoms with Crippen molar-refractivity contribution in [2.45, 2.75) is 31.8 Å². The van der Waals surface area contributed by atoms with E-state index in [9.17, 15) is 4.79 Å². The van der Waals surface area contributed by atoms with Crippen LogP contribution >= 0.6 is 0 Å². The largest absolute Gasteiger partial charge is 0.375 e. The first-order valence-corrected chi connectivity index (χ1v) is 9.05. The van der Waals surface area contributed by atoms with Gasteiger partial charge in [-0.25, -0.2) is 0 Å². The summed E-state index contributed by atoms with van der Waals surface area (Å²) in [6.07, 6.45) is 9.43. The van der Waals surface area contributed by atoms with Gasteiger partial charge in [-0.15, -0.1) is 10.2 Å². The van der Waals surface area contributed by atoms with E-state index in [1.807, 2.05) is 24.3 Å². The molecule has 1 unspecified atom stereocenters. The van der Waals surface area contributed by atoms with Gasteiger partial charge in [0.05, 0.1) is 12.2 Å². The summed E-state index contributed by atoms with van der Waals surface area (Å²) in [6, 6.07) is 7.72. The molecule has 0 aliphatic carbocycles. The van der Waals surface area contributed by atoms with Crippen LogP contribution in [0.2, 0.25) is 0 Å². The number of nitrogens with zero attached hydrogens (tertiary/aromatic N) is 5. The standard InChI is InChI=1S/C19H21N7O/c27-18(13-22-16-4-2-9-21-12-16)23-15-5-6-17-24-25-19(26(17)10-7-15)14-3-1-8-20-11-14/h1-4,8-9,11-12,15,22H,5-7,10,13H2,(H,23,27). The van der Waals surface area contributed by atoms with Crippen molar-refractivity contribution in [1.82, 2.24) is 30.0 Å². The first-order chi connectivity index (χ1) is 13.3. The number of aryl methyl sites for hydroxylation is 1. The molecule has 1 atom stereocenters. The molecule has 1 aliphatic heterocycles. The van der Waals surface area contributed by atoms with E-state index in [2.05, 4.69) is 35.4 Å². The van der Waals surface area contributed by atoms with Gasteiger partial charge in [0.1, 0.15) is 5.82 Å². The second-order valence-corrected chi connectivity index (χ2v) is 6.52. The van der Waals surface area contributed by atoms with E-state index < -0.39 is 0 Å². The summed E-state index contributed by atoms with van der Waals surface area (Å²) in [6.45, 7) is 1.00. The molecule has 4 rings (SSSR count). The summed E-state index contributed by atoms with van der Waals surface area (Å²) in [4.78, 5) is 20.4. The Kier molecular flexibility index (Phi) is 5.04. The number of carbonyl (C=O) groups excluding carboxylic acids is 1. The normalized spacial score (nSPS) is 16.2. The highest BCUT2D eigenvalue weighted by Gasteiger charge is 2.22. The van der Waals surface area contributed by atoms with Crippen LogP contribution in [0.3, 0.4) is 0 Å². The highest BCUT2D eigenvalue weighted by molar-refractivity contribution is 5.80. The highest BCUT2D eigenvalue weighted by Crippen LogP contribution is 2.22. The Morgan fingerprint density at radius 1 is 1.11 bits per heavy atom. The maximum absolute atomic E-state index is 12.3. The average Bonchev–Trinajstić information content (AvgIpc) is 3.02. The maximum atomic E-state index is 12.3. The molecule has 0 saturated carbocycles. The molecule has 8 nitrogen and oxygen atoms in total. The second kappa shape index (κ2) is 7.94. The molecule has 3 aromatic heterocycles. The number of hydrogen-bond acceptors (Lipinski definition) is 6. The van der Waals surface area contributed by atoms with Crippen LogP contribution in [0.1, 0.15) is 18.7 Å². The number of aromatic nitrogens is 5. The molecule has 0 spiro atoms. The zero-order chi connectivity index (χ0) is 18.5. The van der Waals surface area contributed by atoms with Crippen molar-refractivity contribution in [3.8, 4) is 11.4 Å². The van der Waals surface area contributed by atoms with E-state index in [1.54, 1.807) is 24.8 Å². The van der Waals surface area contributed by atoms with Crippen molar-refractivity contribution < 1.29 is 4.79 Å². The lowest BCUT2D eigenvalue weighted by Gasteiger charge is -2.16. The lowest BCUT2D eigenvalue weighted by Crippen LogP contribution is -2.38. The molecule has 1 aliphatic rings. The van der Waals surface area contributed by atoms with E-state index in [1.165, 1.54) is 0 Å². The monoisotopic (exact) mass is 363 g/mol. The van der Waals surface area contributed by atoms with E-state index >= 15 is 0 Å². The van der Waals surface area contributed by atoms with Gasteiger partial charge in [0.2, 0.25) is 5.91 Å². The quantitative estimate of drug-likeness (QED) is 0.716. The third-order valence-electron chi connectivity index (χ3n) is 4.64. The first kappa shape index (κ1) is 17.1. The van der Waals surface area contributed by atoms with Gasteiger partial charge >= 0.3 is 0 Å². The van der Waals surface area contributed by atoms with Crippen molar-refractivity contribution in [2.24, 2.45) is 0 Å². The number of amides is 1. The lowest BCUT2D eigenvalue weighted by atomic mass is 10.1. The smallest absolute Gasteiger partial charge is 0.239 e. The number of nitrogens with one attached hydrogen (secondary N) is 2. The van der Waals surface area contributed by atoms with Crippen molar-refractivity contribution >= 4 is 11.6 Å². The van der Waals surface area contributed by atoms with E-state index in [-0.39, 0.29) is 18.5 Å². The number of anilines is 1. The van der Waals surface area contributed by atoms with Gasteiger partial charge in [0.15, 0.2) is 5.82 Å². The Balaban J connectivity index is 1.35. The van der Waals surface area contributed by atoms with Crippen LogP contribution in [-0.4, -0.2) is 43.2 Å². The molecule has 27 heavy (non-hydrogen) atoms. The molecule has 4 heterocycles. The number of pyridine rings is 2. The number of rotatable bonds is 5. The minimum absolute atomic E-state index is 0.0194. The van der Waals surface area contributed by atoms with Crippen LogP contribution in [0, 0.1) is 0 Å². The van der Waals surface area contributed by atoms with E-state index in [0.717, 1.165) is 48.7 Å². The molecular weight excluding hydrogens is 342 g/mol. The maximum Gasteiger partial charge on any atom is 0.239 e. The predicted molar refractivity (Wildman–Crippen MR) is 101 cm³/mol. The van der Waals surface area contributed by atoms with Crippen molar-refractivity contribution in [2.75, 3.05) is 11.9 Å². The van der Waals surface area contributed by atoms with Crippen LogP contribution < -0.4 is 10.6 Å². The Morgan fingerprint density at radius 3 is 2.74 bits per heavy atom. The highest BCUT2D eigenvalue weighted by atomic mass is 16.2. The molecule has 0 saturated heterocycles. The fraction of sp³-hybridized carbons (Fsp3) is 0.316. The Hall–Kier alpha value is -3.29. The molecular formula is C19H21N7O. The molecule has 0 fully saturated rings. The van der Waals surface area contributed by atoms with Gasteiger partial charge < -0.3 is 15.2 Å². The van der Waals surface area contributed by atoms with Crippen molar-refractivity contribution in [3.05, 3.63) is 54.9 Å². The minimum atomic E-state index is -0.0194. The Bertz CT molecular complexity index is 895. The number of carbonyl (C=O) groups is 1. The lowest BCUT2D eigenvalue weighted by molar-refractivity contribution is -0.120. The van der Waals surface area contributed by atoms with Gasteiger partial charge in [-0.3, -0.25) is 14.8 Å². The molecule has 3 aromatic rings. The zero-order valence-electron chi connectivity index (χ0n) is 14.9. The van der Waals surface area contributed by atoms with E-state index in [0.29, 0.717) is 0 Å². The second-order valence-electron chi connectivity index (χ2n) is 6.52. The molecule has 0 bridgehead atoms. The molecule has 138 valence electrons. The summed E-state index contributed by atoms with van der Waals surface area (Å²) >= 11 is 0. The fourth-order valence-corrected chi connectivity index (χ4v) is 3.27. The van der Waals surface area contributed by atoms with Crippen LogP contribution in [0.25, 0.3) is 11.4 Å². The number of fused-ring (bicyclic) bond motifs is 1. The molecule has 0 aromatic carbocycles. The van der Waals surface area contributed by atoms with Gasteiger partial charge in [0, 0.05) is 49.4 Å². The number of hydrogen-bond donors (Lipinski definition) is 2. The van der Waals surface area contributed by atoms with Gasteiger partial charge in [-0.1, -0.05) is 0 Å². The summed E-state index contributed by atoms with van der Waals surface area (Å²) in [7, 11) is 0. The zero-order valence-corrected chi connectivity index (χ0v) is 14.9. The minimum Gasteiger partial charge on any atom is -0.375 e. The van der Waals surface area contributed by atoms with E-state index in [4.69, 9.17) is 0 Å². The molecule has 0 radical (unpaired) electrons. The molecule has 2 N–H and O–H groups in total. The summed E-state index contributed by atoms with van der Waals surface area (Å²) < 4.78 is 2.14. The van der Waals surface area contributed by atoms with Gasteiger partial charge in [-0.2, -0.15) is 0 Å². The van der Waals surface area contributed by atoms with Gasteiger partial charge in [0.25, 0.3) is 0 Å². The third-order valence-corrected chi connectivity index (χ3v) is 4.64. The van der Waals surface area contributed by atoms with Crippen molar-refractivity contribution in [1.29, 1.82) is 0 Å².